The predicted octanol–water partition coefficient (Wildman–Crippen LogP) is 5.29. The molecule has 2 unspecified atom stereocenters. The number of rotatable bonds is 15. The molecule has 0 aromatic carbocycles. The third kappa shape index (κ3) is 10.4. The van der Waals surface area contributed by atoms with Crippen LogP contribution in [-0.2, 0) is 23.9 Å². The second-order valence-corrected chi connectivity index (χ2v) is 7.46. The maximum absolute atomic E-state index is 12.0. The molecular weight excluding hydrogens is 356 g/mol. The van der Waals surface area contributed by atoms with E-state index in [9.17, 15) is 14.4 Å². The van der Waals surface area contributed by atoms with Crippen LogP contribution in [0.15, 0.2) is 24.3 Å². The predicted molar refractivity (Wildman–Crippen MR) is 109 cm³/mol. The summed E-state index contributed by atoms with van der Waals surface area (Å²) in [5, 5.41) is 0. The van der Waals surface area contributed by atoms with E-state index < -0.39 is 5.97 Å². The van der Waals surface area contributed by atoms with Gasteiger partial charge in [-0.05, 0) is 31.6 Å². The second kappa shape index (κ2) is 15.1. The monoisotopic (exact) mass is 392 g/mol. The van der Waals surface area contributed by atoms with E-state index in [1.165, 1.54) is 26.4 Å². The summed E-state index contributed by atoms with van der Waals surface area (Å²) in [5.41, 5.74) is 0. The first kappa shape index (κ1) is 24.1. The summed E-state index contributed by atoms with van der Waals surface area (Å²) in [4.78, 5) is 34.5. The van der Waals surface area contributed by atoms with E-state index in [0.717, 1.165) is 44.9 Å². The lowest BCUT2D eigenvalue weighted by Crippen LogP contribution is -2.18. The number of ether oxygens (including phenoxy) is 2. The van der Waals surface area contributed by atoms with Crippen molar-refractivity contribution in [2.75, 3.05) is 7.11 Å². The summed E-state index contributed by atoms with van der Waals surface area (Å²) in [5.74, 6) is -1.26. The van der Waals surface area contributed by atoms with Gasteiger partial charge >= 0.3 is 17.9 Å². The first-order valence-electron chi connectivity index (χ1n) is 10.7. The molecule has 0 bridgehead atoms. The highest BCUT2D eigenvalue weighted by Crippen LogP contribution is 2.30. The summed E-state index contributed by atoms with van der Waals surface area (Å²) in [7, 11) is 1.41. The maximum atomic E-state index is 12.0. The third-order valence-corrected chi connectivity index (χ3v) is 5.15. The van der Waals surface area contributed by atoms with Gasteiger partial charge in [-0.15, -0.1) is 0 Å². The molecule has 0 amide bonds. The lowest BCUT2D eigenvalue weighted by molar-refractivity contribution is -0.153. The van der Waals surface area contributed by atoms with Crippen LogP contribution in [0.3, 0.4) is 0 Å². The van der Waals surface area contributed by atoms with E-state index in [4.69, 9.17) is 4.74 Å². The highest BCUT2D eigenvalue weighted by Gasteiger charge is 2.37. The number of esters is 3. The summed E-state index contributed by atoms with van der Waals surface area (Å²) in [6.07, 6.45) is 19.4. The average molecular weight is 393 g/mol. The third-order valence-electron chi connectivity index (χ3n) is 5.15. The molecule has 1 fully saturated rings. The maximum Gasteiger partial charge on any atom is 0.317 e. The van der Waals surface area contributed by atoms with Crippen molar-refractivity contribution in [2.24, 2.45) is 11.8 Å². The van der Waals surface area contributed by atoms with Crippen molar-refractivity contribution >= 4 is 17.9 Å². The molecule has 0 radical (unpaired) electrons. The number of hydrogen-bond donors (Lipinski definition) is 0. The smallest absolute Gasteiger partial charge is 0.317 e. The standard InChI is InChI=1S/C23H36O5/c1-3-4-5-6-7-9-12-15-19(20-18-22(25)28-23(20)26)16-13-10-8-11-14-17-21(24)27-2/h7,9,12,15,19-20H,3-6,8,10-11,13-14,16-18H2,1-2H3/b9-7+,15-12+. The van der Waals surface area contributed by atoms with Crippen molar-refractivity contribution in [3.05, 3.63) is 24.3 Å². The Morgan fingerprint density at radius 2 is 1.86 bits per heavy atom. The highest BCUT2D eigenvalue weighted by molar-refractivity contribution is 5.94. The number of methoxy groups -OCH3 is 1. The summed E-state index contributed by atoms with van der Waals surface area (Å²) in [6, 6.07) is 0. The molecule has 0 aliphatic carbocycles. The van der Waals surface area contributed by atoms with E-state index in [1.807, 2.05) is 12.2 Å². The van der Waals surface area contributed by atoms with Crippen LogP contribution in [0.4, 0.5) is 0 Å². The van der Waals surface area contributed by atoms with Crippen LogP contribution in [0.5, 0.6) is 0 Å². The number of unbranched alkanes of at least 4 members (excludes halogenated alkanes) is 7. The molecule has 0 spiro atoms. The lowest BCUT2D eigenvalue weighted by Gasteiger charge is -2.16. The Bertz CT molecular complexity index is 535. The Labute approximate surface area is 169 Å². The minimum absolute atomic E-state index is 0.0364. The molecule has 0 aromatic heterocycles. The van der Waals surface area contributed by atoms with Crippen LogP contribution in [0.1, 0.15) is 84.0 Å². The van der Waals surface area contributed by atoms with Crippen LogP contribution >= 0.6 is 0 Å². The van der Waals surface area contributed by atoms with E-state index in [0.29, 0.717) is 6.42 Å². The number of allylic oxidation sites excluding steroid dienone is 4. The van der Waals surface area contributed by atoms with E-state index in [-0.39, 0.29) is 30.2 Å². The number of carbonyl (C=O) groups is 3. The summed E-state index contributed by atoms with van der Waals surface area (Å²) < 4.78 is 9.38. The van der Waals surface area contributed by atoms with Crippen molar-refractivity contribution in [3.8, 4) is 0 Å². The fraction of sp³-hybridized carbons (Fsp3) is 0.696. The van der Waals surface area contributed by atoms with Crippen molar-refractivity contribution < 1.29 is 23.9 Å². The van der Waals surface area contributed by atoms with Gasteiger partial charge in [0.05, 0.1) is 19.4 Å². The molecule has 2 atom stereocenters. The molecule has 1 aliphatic rings. The Morgan fingerprint density at radius 3 is 2.54 bits per heavy atom. The number of cyclic esters (lactones) is 2. The molecule has 158 valence electrons. The van der Waals surface area contributed by atoms with Gasteiger partial charge in [-0.25, -0.2) is 0 Å². The van der Waals surface area contributed by atoms with Crippen LogP contribution < -0.4 is 0 Å². The minimum Gasteiger partial charge on any atom is -0.469 e. The fourth-order valence-electron chi connectivity index (χ4n) is 3.43. The van der Waals surface area contributed by atoms with Crippen LogP contribution in [-0.4, -0.2) is 25.0 Å². The van der Waals surface area contributed by atoms with Crippen LogP contribution in [0.25, 0.3) is 0 Å². The number of carbonyl (C=O) groups excluding carboxylic acids is 3. The molecule has 28 heavy (non-hydrogen) atoms. The summed E-state index contributed by atoms with van der Waals surface area (Å²) >= 11 is 0. The Hall–Kier alpha value is -1.91. The first-order chi connectivity index (χ1) is 13.6. The second-order valence-electron chi connectivity index (χ2n) is 7.46. The van der Waals surface area contributed by atoms with Crippen molar-refractivity contribution in [1.82, 2.24) is 0 Å². The van der Waals surface area contributed by atoms with Crippen molar-refractivity contribution in [2.45, 2.75) is 84.0 Å². The Balaban J connectivity index is 2.38. The molecule has 1 rings (SSSR count). The van der Waals surface area contributed by atoms with Gasteiger partial charge < -0.3 is 9.47 Å². The highest BCUT2D eigenvalue weighted by atomic mass is 16.6. The molecular formula is C23H36O5. The first-order valence-corrected chi connectivity index (χ1v) is 10.7. The van der Waals surface area contributed by atoms with E-state index >= 15 is 0 Å². The number of hydrogen-bond acceptors (Lipinski definition) is 5. The molecule has 1 aliphatic heterocycles. The van der Waals surface area contributed by atoms with Gasteiger partial charge in [-0.1, -0.05) is 69.8 Å². The van der Waals surface area contributed by atoms with Gasteiger partial charge in [-0.3, -0.25) is 14.4 Å². The van der Waals surface area contributed by atoms with Gasteiger partial charge in [-0.2, -0.15) is 0 Å². The van der Waals surface area contributed by atoms with Gasteiger partial charge in [0.15, 0.2) is 0 Å². The zero-order chi connectivity index (χ0) is 20.6. The molecule has 0 N–H and O–H groups in total. The van der Waals surface area contributed by atoms with Crippen LogP contribution in [0, 0.1) is 11.8 Å². The fourth-order valence-corrected chi connectivity index (χ4v) is 3.43. The van der Waals surface area contributed by atoms with Crippen LogP contribution in [0.2, 0.25) is 0 Å². The zero-order valence-corrected chi connectivity index (χ0v) is 17.5. The largest absolute Gasteiger partial charge is 0.469 e. The Kier molecular flexibility index (Phi) is 13.0. The van der Waals surface area contributed by atoms with E-state index in [2.05, 4.69) is 23.8 Å². The average Bonchev–Trinajstić information content (AvgIpc) is 3.02. The van der Waals surface area contributed by atoms with Gasteiger partial charge in [0.1, 0.15) is 0 Å². The molecule has 0 aromatic rings. The molecule has 1 saturated heterocycles. The lowest BCUT2D eigenvalue weighted by atomic mass is 9.86. The quantitative estimate of drug-likeness (QED) is 0.164. The zero-order valence-electron chi connectivity index (χ0n) is 17.5. The minimum atomic E-state index is -0.411. The van der Waals surface area contributed by atoms with E-state index in [1.54, 1.807) is 0 Å². The SMILES string of the molecule is CCCCC/C=C/C=C/C(CCCCCCCC(=O)OC)C1CC(=O)OC1=O. The normalized spacial score (nSPS) is 18.1. The van der Waals surface area contributed by atoms with Crippen molar-refractivity contribution in [3.63, 3.8) is 0 Å². The molecule has 0 saturated carbocycles. The summed E-state index contributed by atoms with van der Waals surface area (Å²) in [6.45, 7) is 2.19. The Morgan fingerprint density at radius 1 is 1.11 bits per heavy atom. The van der Waals surface area contributed by atoms with Gasteiger partial charge in [0, 0.05) is 6.42 Å². The van der Waals surface area contributed by atoms with Gasteiger partial charge in [0.25, 0.3) is 0 Å². The topological polar surface area (TPSA) is 69.7 Å². The molecule has 5 nitrogen and oxygen atoms in total. The van der Waals surface area contributed by atoms with Gasteiger partial charge in [0.2, 0.25) is 0 Å². The molecule has 1 heterocycles. The molecule has 5 heteroatoms. The van der Waals surface area contributed by atoms with Crippen molar-refractivity contribution in [1.29, 1.82) is 0 Å².